The zero-order chi connectivity index (χ0) is 8.70. The molecular formula is C9H13NO. The Bertz CT molecular complexity index is 231. The van der Waals surface area contributed by atoms with Crippen LogP contribution in [0.3, 0.4) is 0 Å². The molecule has 2 heteroatoms. The van der Waals surface area contributed by atoms with E-state index in [1.54, 1.807) is 0 Å². The fourth-order valence-electron chi connectivity index (χ4n) is 1.56. The second-order valence-corrected chi connectivity index (χ2v) is 4.19. The third-order valence-corrected chi connectivity index (χ3v) is 2.67. The molecule has 2 nitrogen and oxygen atoms in total. The third-order valence-electron chi connectivity index (χ3n) is 2.67. The summed E-state index contributed by atoms with van der Waals surface area (Å²) in [5.74, 6) is 0.118. The summed E-state index contributed by atoms with van der Waals surface area (Å²) in [7, 11) is 0. The van der Waals surface area contributed by atoms with Gasteiger partial charge in [0.1, 0.15) is 5.41 Å². The van der Waals surface area contributed by atoms with Crippen molar-refractivity contribution in [3.8, 4) is 6.07 Å². The van der Waals surface area contributed by atoms with Crippen molar-refractivity contribution in [3.05, 3.63) is 0 Å². The van der Waals surface area contributed by atoms with Gasteiger partial charge in [-0.05, 0) is 11.8 Å². The van der Waals surface area contributed by atoms with E-state index in [1.807, 2.05) is 20.8 Å². The van der Waals surface area contributed by atoms with Crippen molar-refractivity contribution >= 4 is 5.78 Å². The number of rotatable bonds is 0. The number of hydrogen-bond acceptors (Lipinski definition) is 2. The summed E-state index contributed by atoms with van der Waals surface area (Å²) in [5.41, 5.74) is -0.871. The number of ketones is 1. The molecule has 0 heterocycles. The highest BCUT2D eigenvalue weighted by Crippen LogP contribution is 2.50. The Morgan fingerprint density at radius 1 is 1.55 bits per heavy atom. The molecule has 0 aromatic heterocycles. The fourth-order valence-corrected chi connectivity index (χ4v) is 1.56. The van der Waals surface area contributed by atoms with Crippen LogP contribution in [0.2, 0.25) is 0 Å². The van der Waals surface area contributed by atoms with Gasteiger partial charge in [0.25, 0.3) is 0 Å². The molecule has 1 rings (SSSR count). The molecule has 1 aliphatic carbocycles. The van der Waals surface area contributed by atoms with Gasteiger partial charge in [-0.1, -0.05) is 20.8 Å². The summed E-state index contributed by atoms with van der Waals surface area (Å²) >= 11 is 0. The highest BCUT2D eigenvalue weighted by molar-refractivity contribution is 5.93. The van der Waals surface area contributed by atoms with E-state index in [1.165, 1.54) is 0 Å². The van der Waals surface area contributed by atoms with Crippen molar-refractivity contribution < 1.29 is 4.79 Å². The SMILES string of the molecule is CC(C)(C)C1(C#N)CCC1=O. The Labute approximate surface area is 67.2 Å². The largest absolute Gasteiger partial charge is 0.298 e. The third kappa shape index (κ3) is 0.875. The minimum atomic E-state index is -0.674. The summed E-state index contributed by atoms with van der Waals surface area (Å²) in [4.78, 5) is 11.2. The van der Waals surface area contributed by atoms with Crippen LogP contribution in [-0.2, 0) is 4.79 Å². The van der Waals surface area contributed by atoms with Gasteiger partial charge in [-0.3, -0.25) is 4.79 Å². The zero-order valence-corrected chi connectivity index (χ0v) is 7.27. The highest BCUT2D eigenvalue weighted by atomic mass is 16.1. The van der Waals surface area contributed by atoms with E-state index in [0.717, 1.165) is 6.42 Å². The predicted octanol–water partition coefficient (Wildman–Crippen LogP) is 1.91. The van der Waals surface area contributed by atoms with E-state index in [9.17, 15) is 4.79 Å². The molecule has 0 radical (unpaired) electrons. The molecule has 1 saturated carbocycles. The molecule has 11 heavy (non-hydrogen) atoms. The van der Waals surface area contributed by atoms with E-state index < -0.39 is 5.41 Å². The van der Waals surface area contributed by atoms with Gasteiger partial charge in [0.05, 0.1) is 6.07 Å². The predicted molar refractivity (Wildman–Crippen MR) is 41.7 cm³/mol. The normalized spacial score (nSPS) is 30.9. The average Bonchev–Trinajstić information content (AvgIpc) is 1.84. The molecule has 0 amide bonds. The van der Waals surface area contributed by atoms with Gasteiger partial charge in [-0.2, -0.15) is 5.26 Å². The van der Waals surface area contributed by atoms with Crippen LogP contribution >= 0.6 is 0 Å². The minimum absolute atomic E-state index is 0.118. The number of hydrogen-bond donors (Lipinski definition) is 0. The highest BCUT2D eigenvalue weighted by Gasteiger charge is 2.54. The summed E-state index contributed by atoms with van der Waals surface area (Å²) in [5, 5.41) is 8.87. The monoisotopic (exact) mass is 151 g/mol. The first kappa shape index (κ1) is 8.26. The van der Waals surface area contributed by atoms with Gasteiger partial charge in [0.15, 0.2) is 5.78 Å². The van der Waals surface area contributed by atoms with Crippen molar-refractivity contribution in [3.63, 3.8) is 0 Å². The Hall–Kier alpha value is -0.840. The van der Waals surface area contributed by atoms with Crippen LogP contribution in [0.1, 0.15) is 33.6 Å². The Kier molecular flexibility index (Phi) is 1.56. The van der Waals surface area contributed by atoms with E-state index in [-0.39, 0.29) is 11.2 Å². The topological polar surface area (TPSA) is 40.9 Å². The average molecular weight is 151 g/mol. The van der Waals surface area contributed by atoms with E-state index in [4.69, 9.17) is 5.26 Å². The maximum absolute atomic E-state index is 11.2. The molecule has 1 unspecified atom stereocenters. The second kappa shape index (κ2) is 2.07. The first-order valence-electron chi connectivity index (χ1n) is 3.88. The maximum Gasteiger partial charge on any atom is 0.153 e. The molecule has 60 valence electrons. The van der Waals surface area contributed by atoms with Crippen molar-refractivity contribution in [1.82, 2.24) is 0 Å². The van der Waals surface area contributed by atoms with Crippen LogP contribution in [0.15, 0.2) is 0 Å². The number of Topliss-reactive ketones (excluding diaryl/α,β-unsaturated/α-hetero) is 1. The van der Waals surface area contributed by atoms with E-state index in [2.05, 4.69) is 6.07 Å². The molecule has 0 bridgehead atoms. The summed E-state index contributed by atoms with van der Waals surface area (Å²) in [6.45, 7) is 5.86. The van der Waals surface area contributed by atoms with E-state index in [0.29, 0.717) is 6.42 Å². The zero-order valence-electron chi connectivity index (χ0n) is 7.27. The maximum atomic E-state index is 11.2. The summed E-state index contributed by atoms with van der Waals surface area (Å²) < 4.78 is 0. The van der Waals surface area contributed by atoms with Gasteiger partial charge in [-0.15, -0.1) is 0 Å². The molecule has 1 atom stereocenters. The molecule has 1 aliphatic rings. The van der Waals surface area contributed by atoms with Gasteiger partial charge in [0, 0.05) is 6.42 Å². The molecule has 0 aromatic carbocycles. The lowest BCUT2D eigenvalue weighted by molar-refractivity contribution is -0.140. The Morgan fingerprint density at radius 2 is 2.09 bits per heavy atom. The van der Waals surface area contributed by atoms with Crippen molar-refractivity contribution in [2.75, 3.05) is 0 Å². The van der Waals surface area contributed by atoms with Crippen LogP contribution in [0.4, 0.5) is 0 Å². The molecule has 0 aromatic rings. The van der Waals surface area contributed by atoms with Crippen LogP contribution in [0.25, 0.3) is 0 Å². The lowest BCUT2D eigenvalue weighted by Crippen LogP contribution is -2.49. The number of nitriles is 1. The Balaban J connectivity index is 2.98. The van der Waals surface area contributed by atoms with Gasteiger partial charge in [0.2, 0.25) is 0 Å². The van der Waals surface area contributed by atoms with Crippen LogP contribution in [-0.4, -0.2) is 5.78 Å². The van der Waals surface area contributed by atoms with Crippen LogP contribution < -0.4 is 0 Å². The summed E-state index contributed by atoms with van der Waals surface area (Å²) in [6, 6.07) is 2.16. The lowest BCUT2D eigenvalue weighted by Gasteiger charge is -2.44. The van der Waals surface area contributed by atoms with Gasteiger partial charge < -0.3 is 0 Å². The minimum Gasteiger partial charge on any atom is -0.298 e. The standard InChI is InChI=1S/C9H13NO/c1-8(2,3)9(6-10)5-4-7(9)11/h4-5H2,1-3H3. The van der Waals surface area contributed by atoms with Crippen molar-refractivity contribution in [2.24, 2.45) is 10.8 Å². The van der Waals surface area contributed by atoms with Gasteiger partial charge >= 0.3 is 0 Å². The molecular weight excluding hydrogens is 138 g/mol. The first-order valence-corrected chi connectivity index (χ1v) is 3.88. The summed E-state index contributed by atoms with van der Waals surface area (Å²) in [6.07, 6.45) is 1.33. The Morgan fingerprint density at radius 3 is 2.09 bits per heavy atom. The van der Waals surface area contributed by atoms with E-state index >= 15 is 0 Å². The molecule has 1 fully saturated rings. The second-order valence-electron chi connectivity index (χ2n) is 4.19. The van der Waals surface area contributed by atoms with Crippen molar-refractivity contribution in [1.29, 1.82) is 5.26 Å². The number of carbonyl (C=O) groups is 1. The molecule has 0 spiro atoms. The number of nitrogens with zero attached hydrogens (tertiary/aromatic N) is 1. The molecule has 0 aliphatic heterocycles. The van der Waals surface area contributed by atoms with Crippen LogP contribution in [0.5, 0.6) is 0 Å². The molecule has 0 N–H and O–H groups in total. The van der Waals surface area contributed by atoms with Gasteiger partial charge in [-0.25, -0.2) is 0 Å². The smallest absolute Gasteiger partial charge is 0.153 e. The van der Waals surface area contributed by atoms with Crippen molar-refractivity contribution in [2.45, 2.75) is 33.6 Å². The first-order chi connectivity index (χ1) is 4.94. The number of carbonyl (C=O) groups excluding carboxylic acids is 1. The lowest BCUT2D eigenvalue weighted by atomic mass is 9.55. The van der Waals surface area contributed by atoms with Crippen LogP contribution in [0, 0.1) is 22.2 Å². The quantitative estimate of drug-likeness (QED) is 0.530. The molecule has 0 saturated heterocycles. The fraction of sp³-hybridized carbons (Fsp3) is 0.778.